The number of benzene rings is 1. The number of para-hydroxylation sites is 1. The van der Waals surface area contributed by atoms with Crippen molar-refractivity contribution in [3.05, 3.63) is 30.0 Å². The van der Waals surface area contributed by atoms with Gasteiger partial charge in [0.25, 0.3) is 5.91 Å². The summed E-state index contributed by atoms with van der Waals surface area (Å²) >= 11 is 1.92. The summed E-state index contributed by atoms with van der Waals surface area (Å²) in [6.07, 6.45) is 0. The van der Waals surface area contributed by atoms with Gasteiger partial charge in [-0.25, -0.2) is 0 Å². The number of carbonyl (C=O) groups excluding carboxylic acids is 1. The standard InChI is InChI=1S/C14H17N3OS/c1-14(2)9-17(7-8-19-14)13(18)12-10-5-3-4-6-11(10)15-16-12/h3-6H,7-9H2,1-2H3,(H,15,16). The number of thioether (sulfide) groups is 1. The molecule has 1 fully saturated rings. The molecule has 1 saturated heterocycles. The molecule has 1 aliphatic heterocycles. The van der Waals surface area contributed by atoms with Crippen LogP contribution in [0.2, 0.25) is 0 Å². The molecule has 2 heterocycles. The van der Waals surface area contributed by atoms with Gasteiger partial charge in [-0.2, -0.15) is 16.9 Å². The second-order valence-corrected chi connectivity index (χ2v) is 7.25. The lowest BCUT2D eigenvalue weighted by molar-refractivity contribution is 0.0744. The first-order valence-electron chi connectivity index (χ1n) is 6.43. The lowest BCUT2D eigenvalue weighted by Gasteiger charge is -2.37. The Morgan fingerprint density at radius 1 is 1.42 bits per heavy atom. The van der Waals surface area contributed by atoms with Crippen LogP contribution in [0.3, 0.4) is 0 Å². The lowest BCUT2D eigenvalue weighted by atomic mass is 10.1. The van der Waals surface area contributed by atoms with Crippen LogP contribution in [0, 0.1) is 0 Å². The van der Waals surface area contributed by atoms with Crippen molar-refractivity contribution in [2.75, 3.05) is 18.8 Å². The van der Waals surface area contributed by atoms with Gasteiger partial charge in [-0.05, 0) is 19.9 Å². The third kappa shape index (κ3) is 2.34. The molecule has 4 nitrogen and oxygen atoms in total. The van der Waals surface area contributed by atoms with Crippen LogP contribution in [-0.2, 0) is 0 Å². The van der Waals surface area contributed by atoms with Crippen molar-refractivity contribution in [2.45, 2.75) is 18.6 Å². The molecule has 1 amide bonds. The zero-order valence-electron chi connectivity index (χ0n) is 11.1. The molecule has 100 valence electrons. The van der Waals surface area contributed by atoms with E-state index in [1.54, 1.807) is 0 Å². The zero-order chi connectivity index (χ0) is 13.5. The summed E-state index contributed by atoms with van der Waals surface area (Å²) in [5, 5.41) is 8.03. The van der Waals surface area contributed by atoms with Gasteiger partial charge in [-0.1, -0.05) is 18.2 Å². The van der Waals surface area contributed by atoms with E-state index in [9.17, 15) is 4.79 Å². The van der Waals surface area contributed by atoms with Crippen molar-refractivity contribution in [2.24, 2.45) is 0 Å². The Bertz CT molecular complexity index is 620. The molecular formula is C14H17N3OS. The van der Waals surface area contributed by atoms with Crippen LogP contribution in [0.25, 0.3) is 10.9 Å². The van der Waals surface area contributed by atoms with Gasteiger partial charge in [-0.3, -0.25) is 9.89 Å². The molecule has 1 aromatic heterocycles. The predicted octanol–water partition coefficient (Wildman–Crippen LogP) is 2.53. The number of fused-ring (bicyclic) bond motifs is 1. The molecule has 0 atom stereocenters. The molecule has 1 aromatic carbocycles. The first-order chi connectivity index (χ1) is 9.07. The summed E-state index contributed by atoms with van der Waals surface area (Å²) in [4.78, 5) is 14.5. The van der Waals surface area contributed by atoms with Crippen molar-refractivity contribution in [3.63, 3.8) is 0 Å². The Morgan fingerprint density at radius 2 is 2.21 bits per heavy atom. The molecule has 0 saturated carbocycles. The highest BCUT2D eigenvalue weighted by molar-refractivity contribution is 8.00. The minimum atomic E-state index is 0.0332. The Balaban J connectivity index is 1.91. The highest BCUT2D eigenvalue weighted by Crippen LogP contribution is 2.30. The van der Waals surface area contributed by atoms with Gasteiger partial charge in [0.2, 0.25) is 0 Å². The van der Waals surface area contributed by atoms with Crippen LogP contribution in [0.4, 0.5) is 0 Å². The summed E-state index contributed by atoms with van der Waals surface area (Å²) in [5.74, 6) is 1.02. The van der Waals surface area contributed by atoms with Crippen molar-refractivity contribution in [3.8, 4) is 0 Å². The topological polar surface area (TPSA) is 49.0 Å². The fourth-order valence-corrected chi connectivity index (χ4v) is 3.58. The molecule has 5 heteroatoms. The van der Waals surface area contributed by atoms with Crippen LogP contribution in [0.15, 0.2) is 24.3 Å². The number of carbonyl (C=O) groups is 1. The second-order valence-electron chi connectivity index (χ2n) is 5.45. The van der Waals surface area contributed by atoms with E-state index in [-0.39, 0.29) is 10.7 Å². The molecule has 0 unspecified atom stereocenters. The molecule has 0 radical (unpaired) electrons. The van der Waals surface area contributed by atoms with Crippen molar-refractivity contribution < 1.29 is 4.79 Å². The van der Waals surface area contributed by atoms with Crippen molar-refractivity contribution in [1.82, 2.24) is 15.1 Å². The fourth-order valence-electron chi connectivity index (χ4n) is 2.47. The van der Waals surface area contributed by atoms with E-state index in [0.717, 1.165) is 29.7 Å². The molecular weight excluding hydrogens is 258 g/mol. The van der Waals surface area contributed by atoms with E-state index < -0.39 is 0 Å². The quantitative estimate of drug-likeness (QED) is 0.870. The highest BCUT2D eigenvalue weighted by atomic mass is 32.2. The number of hydrogen-bond acceptors (Lipinski definition) is 3. The van der Waals surface area contributed by atoms with Gasteiger partial charge in [0.15, 0.2) is 5.69 Å². The normalized spacial score (nSPS) is 18.7. The second kappa shape index (κ2) is 4.56. The molecule has 1 aliphatic rings. The highest BCUT2D eigenvalue weighted by Gasteiger charge is 2.31. The van der Waals surface area contributed by atoms with Crippen molar-refractivity contribution >= 4 is 28.6 Å². The van der Waals surface area contributed by atoms with Gasteiger partial charge < -0.3 is 4.90 Å². The van der Waals surface area contributed by atoms with E-state index in [4.69, 9.17) is 0 Å². The number of amides is 1. The maximum atomic E-state index is 12.6. The van der Waals surface area contributed by atoms with Gasteiger partial charge in [0.05, 0.1) is 5.52 Å². The number of rotatable bonds is 1. The number of nitrogens with zero attached hydrogens (tertiary/aromatic N) is 2. The Labute approximate surface area is 116 Å². The number of H-pyrrole nitrogens is 1. The number of nitrogens with one attached hydrogen (secondary N) is 1. The van der Waals surface area contributed by atoms with Crippen LogP contribution in [0.1, 0.15) is 24.3 Å². The molecule has 0 aliphatic carbocycles. The molecule has 19 heavy (non-hydrogen) atoms. The number of hydrogen-bond donors (Lipinski definition) is 1. The van der Waals surface area contributed by atoms with E-state index in [1.165, 1.54) is 0 Å². The summed E-state index contributed by atoms with van der Waals surface area (Å²) in [6, 6.07) is 7.76. The van der Waals surface area contributed by atoms with E-state index in [1.807, 2.05) is 40.9 Å². The maximum Gasteiger partial charge on any atom is 0.275 e. The third-order valence-electron chi connectivity index (χ3n) is 3.39. The third-order valence-corrected chi connectivity index (χ3v) is 4.68. The minimum absolute atomic E-state index is 0.0332. The molecule has 0 spiro atoms. The Hall–Kier alpha value is -1.49. The number of aromatic nitrogens is 2. The average molecular weight is 275 g/mol. The van der Waals surface area contributed by atoms with E-state index >= 15 is 0 Å². The first kappa shape index (κ1) is 12.5. The molecule has 3 rings (SSSR count). The van der Waals surface area contributed by atoms with Crippen LogP contribution in [0.5, 0.6) is 0 Å². The predicted molar refractivity (Wildman–Crippen MR) is 78.5 cm³/mol. The average Bonchev–Trinajstić information content (AvgIpc) is 2.80. The fraction of sp³-hybridized carbons (Fsp3) is 0.429. The van der Waals surface area contributed by atoms with Gasteiger partial charge >= 0.3 is 0 Å². The van der Waals surface area contributed by atoms with E-state index in [2.05, 4.69) is 24.0 Å². The summed E-state index contributed by atoms with van der Waals surface area (Å²) in [7, 11) is 0. The lowest BCUT2D eigenvalue weighted by Crippen LogP contribution is -2.46. The summed E-state index contributed by atoms with van der Waals surface area (Å²) < 4.78 is 0.125. The first-order valence-corrected chi connectivity index (χ1v) is 7.42. The number of aromatic amines is 1. The SMILES string of the molecule is CC1(C)CN(C(=O)c2n[nH]c3ccccc23)CCS1. The minimum Gasteiger partial charge on any atom is -0.335 e. The Kier molecular flexibility index (Phi) is 3.01. The van der Waals surface area contributed by atoms with Gasteiger partial charge in [0, 0.05) is 29.0 Å². The summed E-state index contributed by atoms with van der Waals surface area (Å²) in [5.41, 5.74) is 1.45. The van der Waals surface area contributed by atoms with Gasteiger partial charge in [0.1, 0.15) is 0 Å². The molecule has 0 bridgehead atoms. The monoisotopic (exact) mass is 275 g/mol. The van der Waals surface area contributed by atoms with Crippen LogP contribution in [-0.4, -0.2) is 44.6 Å². The smallest absolute Gasteiger partial charge is 0.275 e. The summed E-state index contributed by atoms with van der Waals surface area (Å²) in [6.45, 7) is 5.94. The largest absolute Gasteiger partial charge is 0.335 e. The molecule has 2 aromatic rings. The van der Waals surface area contributed by atoms with Crippen LogP contribution < -0.4 is 0 Å². The maximum absolute atomic E-state index is 12.6. The zero-order valence-corrected chi connectivity index (χ0v) is 12.0. The van der Waals surface area contributed by atoms with Crippen molar-refractivity contribution in [1.29, 1.82) is 0 Å². The van der Waals surface area contributed by atoms with Gasteiger partial charge in [-0.15, -0.1) is 0 Å². The molecule has 1 N–H and O–H groups in total. The van der Waals surface area contributed by atoms with E-state index in [0.29, 0.717) is 5.69 Å². The van der Waals surface area contributed by atoms with Crippen LogP contribution >= 0.6 is 11.8 Å². The Morgan fingerprint density at radius 3 is 3.00 bits per heavy atom.